The molecule has 1 aliphatic rings. The van der Waals surface area contributed by atoms with E-state index in [1.54, 1.807) is 12.1 Å². The van der Waals surface area contributed by atoms with Gasteiger partial charge in [-0.1, -0.05) is 29.3 Å². The first-order valence-electron chi connectivity index (χ1n) is 9.55. The van der Waals surface area contributed by atoms with E-state index in [1.165, 1.54) is 18.5 Å². The molecule has 3 aromatic rings. The average Bonchev–Trinajstić information content (AvgIpc) is 2.76. The highest BCUT2D eigenvalue weighted by atomic mass is 35.5. The first-order chi connectivity index (χ1) is 14.5. The number of hydrogen-bond acceptors (Lipinski definition) is 5. The lowest BCUT2D eigenvalue weighted by atomic mass is 10.1. The molecule has 6 nitrogen and oxygen atoms in total. The number of carbonyl (C=O) groups excluding carboxylic acids is 1. The fourth-order valence-electron chi connectivity index (χ4n) is 3.25. The van der Waals surface area contributed by atoms with Gasteiger partial charge in [0.2, 0.25) is 5.88 Å². The van der Waals surface area contributed by atoms with Gasteiger partial charge < -0.3 is 14.5 Å². The van der Waals surface area contributed by atoms with Crippen molar-refractivity contribution in [2.75, 3.05) is 31.1 Å². The van der Waals surface area contributed by atoms with Crippen molar-refractivity contribution in [2.24, 2.45) is 0 Å². The van der Waals surface area contributed by atoms with Crippen molar-refractivity contribution in [2.45, 2.75) is 6.92 Å². The van der Waals surface area contributed by atoms with Crippen molar-refractivity contribution < 1.29 is 13.9 Å². The van der Waals surface area contributed by atoms with Crippen molar-refractivity contribution in [1.29, 1.82) is 0 Å². The van der Waals surface area contributed by atoms with Crippen molar-refractivity contribution in [3.8, 4) is 11.6 Å². The Labute approximate surface area is 178 Å². The Hall–Kier alpha value is -3.19. The molecule has 0 N–H and O–H groups in total. The predicted molar refractivity (Wildman–Crippen MR) is 113 cm³/mol. The minimum absolute atomic E-state index is 0.0274. The van der Waals surface area contributed by atoms with Crippen LogP contribution in [0, 0.1) is 12.7 Å². The van der Waals surface area contributed by atoms with E-state index in [2.05, 4.69) is 9.97 Å². The Morgan fingerprint density at radius 1 is 1.03 bits per heavy atom. The second-order valence-corrected chi connectivity index (χ2v) is 7.47. The van der Waals surface area contributed by atoms with Gasteiger partial charge in [-0.05, 0) is 37.3 Å². The van der Waals surface area contributed by atoms with Crippen LogP contribution in [0.5, 0.6) is 11.6 Å². The highest BCUT2D eigenvalue weighted by molar-refractivity contribution is 6.30. The topological polar surface area (TPSA) is 58.6 Å². The summed E-state index contributed by atoms with van der Waals surface area (Å²) >= 11 is 5.77. The Morgan fingerprint density at radius 2 is 1.77 bits per heavy atom. The number of amides is 1. The van der Waals surface area contributed by atoms with E-state index in [-0.39, 0.29) is 17.5 Å². The number of aryl methyl sites for hydroxylation is 1. The second kappa shape index (κ2) is 8.67. The highest BCUT2D eigenvalue weighted by Gasteiger charge is 2.23. The number of nitrogens with zero attached hydrogens (tertiary/aromatic N) is 4. The molecule has 0 atom stereocenters. The SMILES string of the molecule is Cc1ccc(C(=O)N2CCN(c3cc(Oc4ccc(Cl)cc4F)ncn3)CC2)cc1. The summed E-state index contributed by atoms with van der Waals surface area (Å²) < 4.78 is 19.5. The second-order valence-electron chi connectivity index (χ2n) is 7.04. The maximum atomic E-state index is 14.0. The number of rotatable bonds is 4. The minimum atomic E-state index is -0.564. The molecule has 1 fully saturated rings. The summed E-state index contributed by atoms with van der Waals surface area (Å²) in [7, 11) is 0. The minimum Gasteiger partial charge on any atom is -0.436 e. The summed E-state index contributed by atoms with van der Waals surface area (Å²) in [6.45, 7) is 4.41. The molecule has 1 aliphatic heterocycles. The lowest BCUT2D eigenvalue weighted by molar-refractivity contribution is 0.0746. The van der Waals surface area contributed by atoms with Crippen LogP contribution in [-0.4, -0.2) is 47.0 Å². The summed E-state index contributed by atoms with van der Waals surface area (Å²) in [5, 5.41) is 0.293. The normalized spacial score (nSPS) is 14.0. The Bertz CT molecular complexity index is 1050. The third-order valence-electron chi connectivity index (χ3n) is 4.93. The van der Waals surface area contributed by atoms with Crippen LogP contribution in [0.2, 0.25) is 5.02 Å². The van der Waals surface area contributed by atoms with Crippen LogP contribution in [0.25, 0.3) is 0 Å². The monoisotopic (exact) mass is 426 g/mol. The zero-order valence-corrected chi connectivity index (χ0v) is 17.1. The summed E-state index contributed by atoms with van der Waals surface area (Å²) in [5.74, 6) is 0.402. The van der Waals surface area contributed by atoms with Crippen molar-refractivity contribution in [3.05, 3.63) is 76.8 Å². The number of halogens is 2. The van der Waals surface area contributed by atoms with Gasteiger partial charge in [0.25, 0.3) is 5.91 Å². The molecule has 154 valence electrons. The van der Waals surface area contributed by atoms with Crippen LogP contribution in [0.4, 0.5) is 10.2 Å². The van der Waals surface area contributed by atoms with E-state index < -0.39 is 5.82 Å². The van der Waals surface area contributed by atoms with E-state index in [4.69, 9.17) is 16.3 Å². The predicted octanol–water partition coefficient (Wildman–Crippen LogP) is 4.33. The molecular formula is C22H20ClFN4O2. The lowest BCUT2D eigenvalue weighted by Crippen LogP contribution is -2.49. The van der Waals surface area contributed by atoms with Crippen molar-refractivity contribution >= 4 is 23.3 Å². The molecule has 8 heteroatoms. The Morgan fingerprint density at radius 3 is 2.47 bits per heavy atom. The standard InChI is InChI=1S/C22H20ClFN4O2/c1-15-2-4-16(5-3-15)22(29)28-10-8-27(9-11-28)20-13-21(26-14-25-20)30-19-7-6-17(23)12-18(19)24/h2-7,12-14H,8-11H2,1H3. The Kier molecular flexibility index (Phi) is 5.81. The lowest BCUT2D eigenvalue weighted by Gasteiger charge is -2.35. The largest absolute Gasteiger partial charge is 0.436 e. The van der Waals surface area contributed by atoms with Gasteiger partial charge in [-0.3, -0.25) is 4.79 Å². The Balaban J connectivity index is 1.40. The number of carbonyl (C=O) groups is 1. The van der Waals surface area contributed by atoms with Gasteiger partial charge in [0.05, 0.1) is 0 Å². The molecule has 0 spiro atoms. The van der Waals surface area contributed by atoms with Gasteiger partial charge in [0.15, 0.2) is 11.6 Å². The molecule has 1 amide bonds. The quantitative estimate of drug-likeness (QED) is 0.621. The van der Waals surface area contributed by atoms with E-state index >= 15 is 0 Å². The zero-order chi connectivity index (χ0) is 21.1. The molecule has 1 aromatic heterocycles. The van der Waals surface area contributed by atoms with Gasteiger partial charge in [-0.15, -0.1) is 0 Å². The first kappa shape index (κ1) is 20.1. The number of piperazine rings is 1. The summed E-state index contributed by atoms with van der Waals surface area (Å²) in [6, 6.07) is 13.4. The maximum Gasteiger partial charge on any atom is 0.253 e. The average molecular weight is 427 g/mol. The van der Waals surface area contributed by atoms with Crippen LogP contribution >= 0.6 is 11.6 Å². The van der Waals surface area contributed by atoms with Gasteiger partial charge >= 0.3 is 0 Å². The molecule has 0 bridgehead atoms. The highest BCUT2D eigenvalue weighted by Crippen LogP contribution is 2.27. The molecule has 1 saturated heterocycles. The molecule has 4 rings (SSSR count). The number of benzene rings is 2. The smallest absolute Gasteiger partial charge is 0.253 e. The molecule has 2 heterocycles. The maximum absolute atomic E-state index is 14.0. The molecule has 30 heavy (non-hydrogen) atoms. The molecule has 0 radical (unpaired) electrons. The van der Waals surface area contributed by atoms with E-state index in [1.807, 2.05) is 41.0 Å². The third kappa shape index (κ3) is 4.52. The molecular weight excluding hydrogens is 407 g/mol. The first-order valence-corrected chi connectivity index (χ1v) is 9.93. The van der Waals surface area contributed by atoms with Crippen molar-refractivity contribution in [1.82, 2.24) is 14.9 Å². The van der Waals surface area contributed by atoms with Gasteiger partial charge in [0.1, 0.15) is 12.1 Å². The van der Waals surface area contributed by atoms with Crippen LogP contribution in [0.1, 0.15) is 15.9 Å². The van der Waals surface area contributed by atoms with Gasteiger partial charge in [-0.2, -0.15) is 0 Å². The number of anilines is 1. The van der Waals surface area contributed by atoms with Gasteiger partial charge in [0, 0.05) is 42.8 Å². The molecule has 2 aromatic carbocycles. The van der Waals surface area contributed by atoms with E-state index in [0.29, 0.717) is 42.6 Å². The van der Waals surface area contributed by atoms with Crippen LogP contribution in [0.15, 0.2) is 54.9 Å². The summed E-state index contributed by atoms with van der Waals surface area (Å²) in [6.07, 6.45) is 1.38. The summed E-state index contributed by atoms with van der Waals surface area (Å²) in [4.78, 5) is 24.9. The van der Waals surface area contributed by atoms with E-state index in [9.17, 15) is 9.18 Å². The number of ether oxygens (including phenoxy) is 1. The summed E-state index contributed by atoms with van der Waals surface area (Å²) in [5.41, 5.74) is 1.81. The van der Waals surface area contributed by atoms with Crippen LogP contribution in [-0.2, 0) is 0 Å². The molecule has 0 aliphatic carbocycles. The molecule has 0 unspecified atom stereocenters. The van der Waals surface area contributed by atoms with Crippen LogP contribution in [0.3, 0.4) is 0 Å². The fraction of sp³-hybridized carbons (Fsp3) is 0.227. The molecule has 0 saturated carbocycles. The third-order valence-corrected chi connectivity index (χ3v) is 5.16. The van der Waals surface area contributed by atoms with Crippen molar-refractivity contribution in [3.63, 3.8) is 0 Å². The number of aromatic nitrogens is 2. The fourth-order valence-corrected chi connectivity index (χ4v) is 3.41. The van der Waals surface area contributed by atoms with Crippen LogP contribution < -0.4 is 9.64 Å². The zero-order valence-electron chi connectivity index (χ0n) is 16.4. The number of hydrogen-bond donors (Lipinski definition) is 0. The van der Waals surface area contributed by atoms with E-state index in [0.717, 1.165) is 5.56 Å². The van der Waals surface area contributed by atoms with Gasteiger partial charge in [-0.25, -0.2) is 14.4 Å².